The summed E-state index contributed by atoms with van der Waals surface area (Å²) >= 11 is 0. The van der Waals surface area contributed by atoms with Gasteiger partial charge in [-0.1, -0.05) is 25.1 Å². The van der Waals surface area contributed by atoms with Crippen molar-refractivity contribution < 1.29 is 19.0 Å². The van der Waals surface area contributed by atoms with Gasteiger partial charge in [-0.05, 0) is 42.3 Å². The van der Waals surface area contributed by atoms with Crippen LogP contribution in [0, 0.1) is 11.3 Å². The van der Waals surface area contributed by atoms with Gasteiger partial charge in [0.15, 0.2) is 11.5 Å². The Labute approximate surface area is 153 Å². The molecule has 134 valence electrons. The summed E-state index contributed by atoms with van der Waals surface area (Å²) in [4.78, 5) is 12.7. The van der Waals surface area contributed by atoms with E-state index in [0.717, 1.165) is 6.42 Å². The smallest absolute Gasteiger partial charge is 0.207 e. The van der Waals surface area contributed by atoms with Crippen LogP contribution >= 0.6 is 0 Å². The zero-order chi connectivity index (χ0) is 18.9. The number of carbonyl (C=O) groups excluding carboxylic acids is 1. The lowest BCUT2D eigenvalue weighted by molar-refractivity contribution is 0.103. The lowest BCUT2D eigenvalue weighted by atomic mass is 10.0. The maximum absolute atomic E-state index is 12.7. The lowest BCUT2D eigenvalue weighted by Gasteiger charge is -2.11. The van der Waals surface area contributed by atoms with Crippen molar-refractivity contribution in [2.75, 3.05) is 20.8 Å². The molecule has 0 aliphatic carbocycles. The van der Waals surface area contributed by atoms with Crippen LogP contribution in [0.25, 0.3) is 6.08 Å². The highest BCUT2D eigenvalue weighted by atomic mass is 16.5. The fourth-order valence-corrected chi connectivity index (χ4v) is 2.40. The highest BCUT2D eigenvalue weighted by Crippen LogP contribution is 2.29. The van der Waals surface area contributed by atoms with E-state index in [1.165, 1.54) is 13.2 Å². The van der Waals surface area contributed by atoms with E-state index >= 15 is 0 Å². The number of hydrogen-bond donors (Lipinski definition) is 0. The lowest BCUT2D eigenvalue weighted by Crippen LogP contribution is -2.04. The first kappa shape index (κ1) is 19.1. The summed E-state index contributed by atoms with van der Waals surface area (Å²) in [6.07, 6.45) is 2.41. The summed E-state index contributed by atoms with van der Waals surface area (Å²) in [6, 6.07) is 14.1. The minimum Gasteiger partial charge on any atom is -0.496 e. The minimum atomic E-state index is -0.393. The standard InChI is InChI=1S/C21H21NO4/c1-4-11-26-19-10-9-15(13-20(19)25-3)12-16(14-22)21(23)17-7-5-6-8-18(17)24-2/h5-10,12-13H,4,11H2,1-3H3/b16-12+. The first-order valence-corrected chi connectivity index (χ1v) is 8.25. The number of allylic oxidation sites excluding steroid dienone is 1. The first-order chi connectivity index (χ1) is 12.6. The molecular formula is C21H21NO4. The number of Topliss-reactive ketones (excluding diaryl/α,β-unsaturated/α-hetero) is 1. The monoisotopic (exact) mass is 351 g/mol. The molecule has 26 heavy (non-hydrogen) atoms. The van der Waals surface area contributed by atoms with Gasteiger partial charge in [-0.25, -0.2) is 0 Å². The number of nitriles is 1. The maximum atomic E-state index is 12.7. The van der Waals surface area contributed by atoms with E-state index in [4.69, 9.17) is 14.2 Å². The van der Waals surface area contributed by atoms with Gasteiger partial charge in [-0.2, -0.15) is 5.26 Å². The van der Waals surface area contributed by atoms with Crippen LogP contribution in [0.15, 0.2) is 48.0 Å². The molecule has 0 atom stereocenters. The Balaban J connectivity index is 2.36. The zero-order valence-corrected chi connectivity index (χ0v) is 15.1. The Bertz CT molecular complexity index is 849. The van der Waals surface area contributed by atoms with Gasteiger partial charge in [0.05, 0.1) is 26.4 Å². The Morgan fingerprint density at radius 2 is 1.81 bits per heavy atom. The van der Waals surface area contributed by atoms with Crippen molar-refractivity contribution in [3.8, 4) is 23.3 Å². The van der Waals surface area contributed by atoms with Gasteiger partial charge in [0.1, 0.15) is 17.4 Å². The van der Waals surface area contributed by atoms with Crippen LogP contribution in [0.5, 0.6) is 17.2 Å². The fraction of sp³-hybridized carbons (Fsp3) is 0.238. The third kappa shape index (κ3) is 4.42. The van der Waals surface area contributed by atoms with Crippen molar-refractivity contribution in [3.63, 3.8) is 0 Å². The molecule has 5 heteroatoms. The Morgan fingerprint density at radius 3 is 2.46 bits per heavy atom. The molecule has 0 radical (unpaired) electrons. The molecule has 2 rings (SSSR count). The second-order valence-electron chi connectivity index (χ2n) is 5.46. The van der Waals surface area contributed by atoms with Crippen molar-refractivity contribution >= 4 is 11.9 Å². The second kappa shape index (κ2) is 9.28. The van der Waals surface area contributed by atoms with E-state index < -0.39 is 5.78 Å². The molecule has 0 saturated carbocycles. The molecule has 2 aromatic carbocycles. The zero-order valence-electron chi connectivity index (χ0n) is 15.1. The summed E-state index contributed by atoms with van der Waals surface area (Å²) in [5, 5.41) is 9.44. The summed E-state index contributed by atoms with van der Waals surface area (Å²) in [5.74, 6) is 1.21. The molecule has 0 fully saturated rings. The molecule has 0 amide bonds. The maximum Gasteiger partial charge on any atom is 0.207 e. The van der Waals surface area contributed by atoms with E-state index in [0.29, 0.717) is 35.0 Å². The molecule has 0 N–H and O–H groups in total. The number of ketones is 1. The van der Waals surface area contributed by atoms with Crippen molar-refractivity contribution in [1.82, 2.24) is 0 Å². The molecule has 5 nitrogen and oxygen atoms in total. The van der Waals surface area contributed by atoms with Crippen molar-refractivity contribution in [1.29, 1.82) is 5.26 Å². The highest BCUT2D eigenvalue weighted by Gasteiger charge is 2.17. The van der Waals surface area contributed by atoms with Crippen LogP contribution in [-0.2, 0) is 0 Å². The molecule has 0 unspecified atom stereocenters. The number of carbonyl (C=O) groups is 1. The number of benzene rings is 2. The predicted molar refractivity (Wildman–Crippen MR) is 99.7 cm³/mol. The van der Waals surface area contributed by atoms with E-state index in [9.17, 15) is 10.1 Å². The molecule has 0 aliphatic heterocycles. The van der Waals surface area contributed by atoms with Gasteiger partial charge in [-0.15, -0.1) is 0 Å². The van der Waals surface area contributed by atoms with Gasteiger partial charge < -0.3 is 14.2 Å². The number of rotatable bonds is 8. The summed E-state index contributed by atoms with van der Waals surface area (Å²) in [5.41, 5.74) is 1.03. The molecule has 0 aliphatic rings. The average molecular weight is 351 g/mol. The molecule has 0 aromatic heterocycles. The second-order valence-corrected chi connectivity index (χ2v) is 5.46. The van der Waals surface area contributed by atoms with Crippen LogP contribution in [0.3, 0.4) is 0 Å². The number of nitrogens with zero attached hydrogens (tertiary/aromatic N) is 1. The van der Waals surface area contributed by atoms with Crippen molar-refractivity contribution in [3.05, 3.63) is 59.2 Å². The molecule has 0 bridgehead atoms. The van der Waals surface area contributed by atoms with Gasteiger partial charge in [0, 0.05) is 0 Å². The fourth-order valence-electron chi connectivity index (χ4n) is 2.40. The van der Waals surface area contributed by atoms with Crippen molar-refractivity contribution in [2.45, 2.75) is 13.3 Å². The summed E-state index contributed by atoms with van der Waals surface area (Å²) < 4.78 is 16.2. The van der Waals surface area contributed by atoms with Gasteiger partial charge >= 0.3 is 0 Å². The Morgan fingerprint density at radius 1 is 1.08 bits per heavy atom. The number of ether oxygens (including phenoxy) is 3. The summed E-state index contributed by atoms with van der Waals surface area (Å²) in [6.45, 7) is 2.60. The third-order valence-electron chi connectivity index (χ3n) is 3.68. The van der Waals surface area contributed by atoms with Crippen LogP contribution in [-0.4, -0.2) is 26.6 Å². The minimum absolute atomic E-state index is 0.0128. The van der Waals surface area contributed by atoms with E-state index in [-0.39, 0.29) is 5.57 Å². The Kier molecular flexibility index (Phi) is 6.81. The largest absolute Gasteiger partial charge is 0.496 e. The number of para-hydroxylation sites is 1. The van der Waals surface area contributed by atoms with Crippen LogP contribution in [0.4, 0.5) is 0 Å². The van der Waals surface area contributed by atoms with E-state index in [1.807, 2.05) is 13.0 Å². The number of hydrogen-bond acceptors (Lipinski definition) is 5. The van der Waals surface area contributed by atoms with Gasteiger partial charge in [0.2, 0.25) is 5.78 Å². The van der Waals surface area contributed by atoms with Gasteiger partial charge in [-0.3, -0.25) is 4.79 Å². The molecular weight excluding hydrogens is 330 g/mol. The average Bonchev–Trinajstić information content (AvgIpc) is 2.70. The number of methoxy groups -OCH3 is 2. The third-order valence-corrected chi connectivity index (χ3v) is 3.68. The highest BCUT2D eigenvalue weighted by molar-refractivity contribution is 6.15. The molecule has 0 spiro atoms. The van der Waals surface area contributed by atoms with Crippen LogP contribution in [0.1, 0.15) is 29.3 Å². The van der Waals surface area contributed by atoms with E-state index in [1.54, 1.807) is 49.6 Å². The molecule has 0 saturated heterocycles. The topological polar surface area (TPSA) is 68.5 Å². The Hall–Kier alpha value is -3.26. The SMILES string of the molecule is CCCOc1ccc(/C=C(\C#N)C(=O)c2ccccc2OC)cc1OC. The van der Waals surface area contributed by atoms with Crippen molar-refractivity contribution in [2.24, 2.45) is 0 Å². The quantitative estimate of drug-likeness (QED) is 0.403. The van der Waals surface area contributed by atoms with E-state index in [2.05, 4.69) is 0 Å². The van der Waals surface area contributed by atoms with Crippen LogP contribution < -0.4 is 14.2 Å². The summed E-state index contributed by atoms with van der Waals surface area (Å²) in [7, 11) is 3.04. The predicted octanol–water partition coefficient (Wildman–Crippen LogP) is 4.28. The molecule has 0 heterocycles. The first-order valence-electron chi connectivity index (χ1n) is 8.25. The van der Waals surface area contributed by atoms with Gasteiger partial charge in [0.25, 0.3) is 0 Å². The normalized spacial score (nSPS) is 10.8. The van der Waals surface area contributed by atoms with Crippen LogP contribution in [0.2, 0.25) is 0 Å². The molecule has 2 aromatic rings.